The molecule has 5 rings (SSSR count). The van der Waals surface area contributed by atoms with E-state index in [-0.39, 0.29) is 27.6 Å². The van der Waals surface area contributed by atoms with Crippen molar-refractivity contribution in [2.45, 2.75) is 62.5 Å². The first-order valence-corrected chi connectivity index (χ1v) is 17.2. The summed E-state index contributed by atoms with van der Waals surface area (Å²) in [5.41, 5.74) is -0.0897. The van der Waals surface area contributed by atoms with Crippen molar-refractivity contribution in [3.63, 3.8) is 0 Å². The van der Waals surface area contributed by atoms with Crippen LogP contribution in [0, 0.1) is 5.92 Å². The van der Waals surface area contributed by atoms with E-state index in [4.69, 9.17) is 0 Å². The molecule has 48 heavy (non-hydrogen) atoms. The smallest absolute Gasteiger partial charge is 0.333 e. The zero-order valence-corrected chi connectivity index (χ0v) is 27.3. The summed E-state index contributed by atoms with van der Waals surface area (Å²) in [4.78, 5) is 58.5. The maximum Gasteiger partial charge on any atom is 0.333 e. The predicted molar refractivity (Wildman–Crippen MR) is 175 cm³/mol. The second-order valence-corrected chi connectivity index (χ2v) is 14.3. The van der Waals surface area contributed by atoms with Crippen molar-refractivity contribution in [1.82, 2.24) is 20.6 Å². The van der Waals surface area contributed by atoms with Crippen LogP contribution in [0.1, 0.15) is 72.6 Å². The summed E-state index contributed by atoms with van der Waals surface area (Å²) in [6, 6.07) is 11.2. The number of hydrogen-bond acceptors (Lipinski definition) is 11. The highest BCUT2D eigenvalue weighted by atomic mass is 32.2. The van der Waals surface area contributed by atoms with Crippen LogP contribution in [0.25, 0.3) is 21.5 Å². The number of sulfone groups is 1. The van der Waals surface area contributed by atoms with Crippen molar-refractivity contribution in [2.75, 3.05) is 13.1 Å². The van der Waals surface area contributed by atoms with Crippen LogP contribution in [0.5, 0.6) is 11.5 Å². The fourth-order valence-corrected chi connectivity index (χ4v) is 7.67. The lowest BCUT2D eigenvalue weighted by molar-refractivity contribution is -0.158. The van der Waals surface area contributed by atoms with Crippen LogP contribution in [0.2, 0.25) is 0 Å². The molecule has 0 spiro atoms. The van der Waals surface area contributed by atoms with Gasteiger partial charge < -0.3 is 25.6 Å². The molecule has 2 heterocycles. The Morgan fingerprint density at radius 3 is 2.10 bits per heavy atom. The molecule has 252 valence electrons. The van der Waals surface area contributed by atoms with E-state index in [1.54, 1.807) is 24.3 Å². The fraction of sp³-hybridized carbons (Fsp3) is 0.353. The monoisotopic (exact) mass is 676 g/mol. The van der Waals surface area contributed by atoms with Gasteiger partial charge in [0.25, 0.3) is 11.8 Å². The average Bonchev–Trinajstić information content (AvgIpc) is 3.07. The molecule has 1 aliphatic rings. The van der Waals surface area contributed by atoms with E-state index < -0.39 is 63.4 Å². The molecule has 4 aromatic rings. The van der Waals surface area contributed by atoms with E-state index in [1.165, 1.54) is 24.4 Å². The molecular weight excluding hydrogens is 640 g/mol. The highest BCUT2D eigenvalue weighted by Gasteiger charge is 2.29. The largest absolute Gasteiger partial charge is 0.505 e. The number of rotatable bonds is 10. The first-order chi connectivity index (χ1) is 22.9. The van der Waals surface area contributed by atoms with E-state index in [0.29, 0.717) is 41.1 Å². The Labute approximate surface area is 276 Å². The van der Waals surface area contributed by atoms with Gasteiger partial charge in [-0.1, -0.05) is 57.4 Å². The molecular formula is C34H36N4O9S. The predicted octanol–water partition coefficient (Wildman–Crippen LogP) is 3.73. The number of amides is 2. The number of esters is 2. The molecule has 1 aliphatic carbocycles. The van der Waals surface area contributed by atoms with Crippen LogP contribution >= 0.6 is 0 Å². The summed E-state index contributed by atoms with van der Waals surface area (Å²) in [5.74, 6) is -4.71. The lowest BCUT2D eigenvalue weighted by Gasteiger charge is -2.22. The third-order valence-electron chi connectivity index (χ3n) is 8.16. The van der Waals surface area contributed by atoms with Gasteiger partial charge >= 0.3 is 11.9 Å². The zero-order valence-electron chi connectivity index (χ0n) is 26.5. The molecule has 14 heteroatoms. The molecule has 1 saturated carbocycles. The number of carbonyl (C=O) groups is 4. The molecule has 13 nitrogen and oxygen atoms in total. The van der Waals surface area contributed by atoms with Gasteiger partial charge in [0.15, 0.2) is 32.7 Å². The molecule has 0 bridgehead atoms. The quantitative estimate of drug-likeness (QED) is 0.141. The van der Waals surface area contributed by atoms with Crippen molar-refractivity contribution in [3.8, 4) is 11.5 Å². The number of nitrogens with zero attached hydrogens (tertiary/aromatic N) is 2. The molecule has 4 N–H and O–H groups in total. The molecule has 2 aromatic heterocycles. The van der Waals surface area contributed by atoms with Crippen molar-refractivity contribution in [3.05, 3.63) is 65.7 Å². The summed E-state index contributed by atoms with van der Waals surface area (Å²) < 4.78 is 30.9. The number of aromatic hydroxyl groups is 2. The first-order valence-electron chi connectivity index (χ1n) is 15.6. The highest BCUT2D eigenvalue weighted by molar-refractivity contribution is 7.92. The number of fused-ring (bicyclic) bond motifs is 2. The average molecular weight is 677 g/mol. The minimum absolute atomic E-state index is 0.116. The number of aromatic nitrogens is 2. The third kappa shape index (κ3) is 7.38. The molecule has 0 unspecified atom stereocenters. The Morgan fingerprint density at radius 1 is 0.854 bits per heavy atom. The summed E-state index contributed by atoms with van der Waals surface area (Å²) in [6.45, 7) is 2.49. The van der Waals surface area contributed by atoms with Gasteiger partial charge in [0, 0.05) is 33.4 Å². The topological polar surface area (TPSA) is 202 Å². The van der Waals surface area contributed by atoms with Crippen LogP contribution in [0.3, 0.4) is 0 Å². The maximum absolute atomic E-state index is 13.1. The van der Waals surface area contributed by atoms with Crippen LogP contribution < -0.4 is 10.6 Å². The van der Waals surface area contributed by atoms with Crippen LogP contribution in [-0.2, 0) is 30.6 Å². The summed E-state index contributed by atoms with van der Waals surface area (Å²) >= 11 is 0. The second-order valence-electron chi connectivity index (χ2n) is 12.1. The van der Waals surface area contributed by atoms with Crippen LogP contribution in [0.15, 0.2) is 53.6 Å². The number of nitrogens with one attached hydrogen (secondary N) is 2. The number of benzene rings is 2. The van der Waals surface area contributed by atoms with Gasteiger partial charge in [0.05, 0.1) is 10.1 Å². The van der Waals surface area contributed by atoms with Crippen LogP contribution in [0.4, 0.5) is 0 Å². The molecule has 0 atom stereocenters. The Bertz CT molecular complexity index is 2020. The fourth-order valence-electron chi connectivity index (χ4n) is 5.79. The molecule has 2 amide bonds. The van der Waals surface area contributed by atoms with Crippen molar-refractivity contribution >= 4 is 55.1 Å². The molecule has 1 fully saturated rings. The summed E-state index contributed by atoms with van der Waals surface area (Å²) in [5, 5.41) is 27.1. The minimum atomic E-state index is -3.57. The Hall–Kier alpha value is -5.11. The molecule has 0 saturated heterocycles. The standard InChI is InChI=1S/C34H36N4O9S/c1-19(2)14-26-24-10-6-7-11-25(24)32(42)30(38-26)34(44)37-18-28(40)47-27(39)17-36-33(43)29-31(41)23-13-12-22(15-20(23)16-35-29)48(45,46)21-8-4-3-5-9-21/h6-7,10-13,15-16,19,21,41-42H,3-5,8-9,14,17-18H2,1-2H3,(H,36,43)(H,37,44). The maximum atomic E-state index is 13.1. The number of hydrogen-bond donors (Lipinski definition) is 4. The van der Waals surface area contributed by atoms with Gasteiger partial charge in [-0.3, -0.25) is 9.59 Å². The van der Waals surface area contributed by atoms with E-state index >= 15 is 0 Å². The number of pyridine rings is 2. The van der Waals surface area contributed by atoms with Gasteiger partial charge in [-0.15, -0.1) is 0 Å². The van der Waals surface area contributed by atoms with E-state index in [9.17, 15) is 37.8 Å². The Balaban J connectivity index is 1.17. The SMILES string of the molecule is CC(C)Cc1nc(C(=O)NCC(=O)OC(=O)CNC(=O)c2ncc3cc(S(=O)(=O)C4CCCCC4)ccc3c2O)c(O)c2ccccc12. The van der Waals surface area contributed by atoms with Gasteiger partial charge in [-0.05, 0) is 43.4 Å². The van der Waals surface area contributed by atoms with Crippen molar-refractivity contribution in [2.24, 2.45) is 5.92 Å². The van der Waals surface area contributed by atoms with E-state index in [1.807, 2.05) is 13.8 Å². The Kier molecular flexibility index (Phi) is 10.2. The van der Waals surface area contributed by atoms with Gasteiger partial charge in [0.2, 0.25) is 0 Å². The third-order valence-corrected chi connectivity index (χ3v) is 10.4. The van der Waals surface area contributed by atoms with Crippen molar-refractivity contribution in [1.29, 1.82) is 0 Å². The Morgan fingerprint density at radius 2 is 1.46 bits per heavy atom. The van der Waals surface area contributed by atoms with Gasteiger partial charge in [0.1, 0.15) is 13.1 Å². The van der Waals surface area contributed by atoms with Gasteiger partial charge in [-0.25, -0.2) is 28.0 Å². The molecule has 0 radical (unpaired) electrons. The molecule has 2 aromatic carbocycles. The van der Waals surface area contributed by atoms with Crippen LogP contribution in [-0.4, -0.2) is 70.7 Å². The second kappa shape index (κ2) is 14.3. The number of carbonyl (C=O) groups excluding carboxylic acids is 4. The summed E-state index contributed by atoms with van der Waals surface area (Å²) in [6.07, 6.45) is 5.70. The lowest BCUT2D eigenvalue weighted by atomic mass is 10.0. The first kappa shape index (κ1) is 34.2. The van der Waals surface area contributed by atoms with Gasteiger partial charge in [-0.2, -0.15) is 0 Å². The minimum Gasteiger partial charge on any atom is -0.505 e. The van der Waals surface area contributed by atoms with E-state index in [2.05, 4.69) is 25.3 Å². The lowest BCUT2D eigenvalue weighted by Crippen LogP contribution is -2.36. The highest BCUT2D eigenvalue weighted by Crippen LogP contribution is 2.33. The number of ether oxygens (including phenoxy) is 1. The molecule has 0 aliphatic heterocycles. The zero-order chi connectivity index (χ0) is 34.6. The normalized spacial score (nSPS) is 13.8. The van der Waals surface area contributed by atoms with Crippen molar-refractivity contribution < 1.29 is 42.5 Å². The van der Waals surface area contributed by atoms with E-state index in [0.717, 1.165) is 19.3 Å². The summed E-state index contributed by atoms with van der Waals surface area (Å²) in [7, 11) is -3.57.